The maximum Gasteiger partial charge on any atom is 0.253 e. The summed E-state index contributed by atoms with van der Waals surface area (Å²) in [4.78, 5) is 11.6. The second-order valence-corrected chi connectivity index (χ2v) is 3.61. The smallest absolute Gasteiger partial charge is 0.253 e. The lowest BCUT2D eigenvalue weighted by Gasteiger charge is -2.17. The molecule has 1 amide bonds. The first kappa shape index (κ1) is 12.7. The number of benzene rings is 1. The summed E-state index contributed by atoms with van der Waals surface area (Å²) in [6.45, 7) is 1.74. The molecule has 0 bridgehead atoms. The molecule has 1 rings (SSSR count). The number of aliphatic hydroxyl groups excluding tert-OH is 2. The van der Waals surface area contributed by atoms with Gasteiger partial charge >= 0.3 is 0 Å². The third-order valence-electron chi connectivity index (χ3n) is 2.42. The zero-order valence-corrected chi connectivity index (χ0v) is 9.26. The number of hydrogen-bond donors (Lipinski definition) is 3. The SMILES string of the molecule is CCC(CO)NC(=O)C(O)c1ccccc1. The van der Waals surface area contributed by atoms with E-state index in [1.165, 1.54) is 0 Å². The molecule has 2 atom stereocenters. The summed E-state index contributed by atoms with van der Waals surface area (Å²) in [5, 5.41) is 21.2. The Hall–Kier alpha value is -1.39. The van der Waals surface area contributed by atoms with Crippen molar-refractivity contribution in [2.24, 2.45) is 0 Å². The monoisotopic (exact) mass is 223 g/mol. The topological polar surface area (TPSA) is 69.6 Å². The van der Waals surface area contributed by atoms with Gasteiger partial charge in [0.2, 0.25) is 0 Å². The van der Waals surface area contributed by atoms with Gasteiger partial charge in [0.25, 0.3) is 5.91 Å². The molecule has 4 heteroatoms. The Kier molecular flexibility index (Phi) is 4.95. The van der Waals surface area contributed by atoms with Crippen LogP contribution >= 0.6 is 0 Å². The van der Waals surface area contributed by atoms with Gasteiger partial charge in [0, 0.05) is 0 Å². The lowest BCUT2D eigenvalue weighted by Crippen LogP contribution is -2.39. The normalized spacial score (nSPS) is 14.2. The summed E-state index contributed by atoms with van der Waals surface area (Å²) in [5.74, 6) is -0.480. The van der Waals surface area contributed by atoms with Crippen molar-refractivity contribution in [1.82, 2.24) is 5.32 Å². The molecule has 0 fully saturated rings. The zero-order chi connectivity index (χ0) is 12.0. The standard InChI is InChI=1S/C12H17NO3/c1-2-10(8-14)13-12(16)11(15)9-6-4-3-5-7-9/h3-7,10-11,14-15H,2,8H2,1H3,(H,13,16). The molecule has 1 aromatic rings. The van der Waals surface area contributed by atoms with Gasteiger partial charge in [-0.25, -0.2) is 0 Å². The first-order chi connectivity index (χ1) is 7.69. The van der Waals surface area contributed by atoms with Crippen molar-refractivity contribution in [2.75, 3.05) is 6.61 Å². The molecule has 0 spiro atoms. The Morgan fingerprint density at radius 1 is 1.38 bits per heavy atom. The van der Waals surface area contributed by atoms with Crippen molar-refractivity contribution in [3.63, 3.8) is 0 Å². The molecule has 88 valence electrons. The minimum Gasteiger partial charge on any atom is -0.394 e. The van der Waals surface area contributed by atoms with Crippen LogP contribution in [0.5, 0.6) is 0 Å². The predicted molar refractivity (Wildman–Crippen MR) is 60.7 cm³/mol. The highest BCUT2D eigenvalue weighted by atomic mass is 16.3. The minimum absolute atomic E-state index is 0.121. The van der Waals surface area contributed by atoms with Crippen LogP contribution in [-0.2, 0) is 4.79 Å². The van der Waals surface area contributed by atoms with E-state index in [9.17, 15) is 9.90 Å². The lowest BCUT2D eigenvalue weighted by atomic mass is 10.1. The Morgan fingerprint density at radius 3 is 2.50 bits per heavy atom. The van der Waals surface area contributed by atoms with E-state index >= 15 is 0 Å². The number of rotatable bonds is 5. The van der Waals surface area contributed by atoms with Crippen molar-refractivity contribution in [3.8, 4) is 0 Å². The lowest BCUT2D eigenvalue weighted by molar-refractivity contribution is -0.130. The van der Waals surface area contributed by atoms with Gasteiger partial charge in [-0.2, -0.15) is 0 Å². The number of carbonyl (C=O) groups is 1. The molecule has 0 aliphatic heterocycles. The van der Waals surface area contributed by atoms with Gasteiger partial charge < -0.3 is 15.5 Å². The van der Waals surface area contributed by atoms with Crippen LogP contribution in [0.2, 0.25) is 0 Å². The number of carbonyl (C=O) groups excluding carboxylic acids is 1. The number of hydrogen-bond acceptors (Lipinski definition) is 3. The van der Waals surface area contributed by atoms with Crippen molar-refractivity contribution in [2.45, 2.75) is 25.5 Å². The fourth-order valence-electron chi connectivity index (χ4n) is 1.34. The fourth-order valence-corrected chi connectivity index (χ4v) is 1.34. The Bertz CT molecular complexity index is 322. The van der Waals surface area contributed by atoms with E-state index in [1.54, 1.807) is 24.3 Å². The maximum absolute atomic E-state index is 11.6. The third kappa shape index (κ3) is 3.32. The fraction of sp³-hybridized carbons (Fsp3) is 0.417. The summed E-state index contributed by atoms with van der Waals surface area (Å²) in [7, 11) is 0. The van der Waals surface area contributed by atoms with Gasteiger partial charge in [-0.15, -0.1) is 0 Å². The number of nitrogens with one attached hydrogen (secondary N) is 1. The van der Waals surface area contributed by atoms with Gasteiger partial charge in [0.05, 0.1) is 12.6 Å². The molecular formula is C12H17NO3. The molecule has 3 N–H and O–H groups in total. The van der Waals surface area contributed by atoms with Gasteiger partial charge in [0.1, 0.15) is 0 Å². The third-order valence-corrected chi connectivity index (χ3v) is 2.42. The molecule has 2 unspecified atom stereocenters. The molecule has 4 nitrogen and oxygen atoms in total. The van der Waals surface area contributed by atoms with Crippen LogP contribution in [0.1, 0.15) is 25.0 Å². The van der Waals surface area contributed by atoms with Crippen LogP contribution in [0.15, 0.2) is 30.3 Å². The molecule has 0 heterocycles. The van der Waals surface area contributed by atoms with E-state index in [0.29, 0.717) is 12.0 Å². The Labute approximate surface area is 94.9 Å². The van der Waals surface area contributed by atoms with Crippen molar-refractivity contribution >= 4 is 5.91 Å². The molecule has 0 radical (unpaired) electrons. The number of aliphatic hydroxyl groups is 2. The predicted octanol–water partition coefficient (Wildman–Crippen LogP) is 0.607. The van der Waals surface area contributed by atoms with Crippen molar-refractivity contribution in [1.29, 1.82) is 0 Å². The zero-order valence-electron chi connectivity index (χ0n) is 9.26. The van der Waals surface area contributed by atoms with E-state index in [2.05, 4.69) is 5.32 Å². The molecule has 0 aromatic heterocycles. The van der Waals surface area contributed by atoms with Gasteiger partial charge in [-0.1, -0.05) is 37.3 Å². The molecule has 16 heavy (non-hydrogen) atoms. The Morgan fingerprint density at radius 2 is 2.00 bits per heavy atom. The minimum atomic E-state index is -1.18. The molecule has 0 aliphatic rings. The van der Waals surface area contributed by atoms with E-state index in [0.717, 1.165) is 0 Å². The van der Waals surface area contributed by atoms with E-state index in [-0.39, 0.29) is 12.6 Å². The first-order valence-electron chi connectivity index (χ1n) is 5.33. The summed E-state index contributed by atoms with van der Waals surface area (Å²) in [5.41, 5.74) is 0.549. The van der Waals surface area contributed by atoms with Crippen LogP contribution in [0.4, 0.5) is 0 Å². The summed E-state index contributed by atoms with van der Waals surface area (Å²) < 4.78 is 0. The van der Waals surface area contributed by atoms with E-state index in [4.69, 9.17) is 5.11 Å². The van der Waals surface area contributed by atoms with Crippen molar-refractivity contribution in [3.05, 3.63) is 35.9 Å². The van der Waals surface area contributed by atoms with Gasteiger partial charge in [0.15, 0.2) is 6.10 Å². The van der Waals surface area contributed by atoms with E-state index in [1.807, 2.05) is 13.0 Å². The van der Waals surface area contributed by atoms with Crippen LogP contribution in [0.3, 0.4) is 0 Å². The summed E-state index contributed by atoms with van der Waals surface area (Å²) >= 11 is 0. The van der Waals surface area contributed by atoms with Crippen LogP contribution < -0.4 is 5.32 Å². The van der Waals surface area contributed by atoms with Crippen LogP contribution in [0, 0.1) is 0 Å². The van der Waals surface area contributed by atoms with Gasteiger partial charge in [-0.3, -0.25) is 4.79 Å². The Balaban J connectivity index is 2.61. The van der Waals surface area contributed by atoms with E-state index < -0.39 is 12.0 Å². The quantitative estimate of drug-likeness (QED) is 0.685. The molecular weight excluding hydrogens is 206 g/mol. The number of amides is 1. The second kappa shape index (κ2) is 6.25. The highest BCUT2D eigenvalue weighted by Gasteiger charge is 2.19. The second-order valence-electron chi connectivity index (χ2n) is 3.61. The first-order valence-corrected chi connectivity index (χ1v) is 5.33. The van der Waals surface area contributed by atoms with Crippen LogP contribution in [-0.4, -0.2) is 28.8 Å². The summed E-state index contributed by atoms with van der Waals surface area (Å²) in [6.07, 6.45) is -0.550. The van der Waals surface area contributed by atoms with Crippen LogP contribution in [0.25, 0.3) is 0 Å². The molecule has 0 aliphatic carbocycles. The average Bonchev–Trinajstić information content (AvgIpc) is 2.35. The molecule has 1 aromatic carbocycles. The highest BCUT2D eigenvalue weighted by Crippen LogP contribution is 2.12. The maximum atomic E-state index is 11.6. The highest BCUT2D eigenvalue weighted by molar-refractivity contribution is 5.82. The molecule has 0 saturated carbocycles. The largest absolute Gasteiger partial charge is 0.394 e. The van der Waals surface area contributed by atoms with Gasteiger partial charge in [-0.05, 0) is 12.0 Å². The van der Waals surface area contributed by atoms with Crippen molar-refractivity contribution < 1.29 is 15.0 Å². The average molecular weight is 223 g/mol. The summed E-state index contributed by atoms with van der Waals surface area (Å²) in [6, 6.07) is 8.40. The molecule has 0 saturated heterocycles.